The molecule has 0 radical (unpaired) electrons. The van der Waals surface area contributed by atoms with Gasteiger partial charge in [0.05, 0.1) is 0 Å². The molecule has 0 aliphatic carbocycles. The number of benzene rings is 1. The fraction of sp³-hybridized carbons (Fsp3) is 0.667. The predicted octanol–water partition coefficient (Wildman–Crippen LogP) is 3.54. The number of hydrogen-bond acceptors (Lipinski definition) is 3. The molecule has 1 aromatic rings. The third kappa shape index (κ3) is 6.57. The first-order valence-electron chi connectivity index (χ1n) is 9.79. The second-order valence-corrected chi connectivity index (χ2v) is 8.31. The quantitative estimate of drug-likeness (QED) is 0.691. The SMILES string of the molecule is CC1CN(C(=O)CCCc2ccc(Cl)cc2)CC(C)N1CCCN(C)C. The van der Waals surface area contributed by atoms with Gasteiger partial charge in [-0.1, -0.05) is 23.7 Å². The van der Waals surface area contributed by atoms with Crippen LogP contribution in [-0.4, -0.2) is 73.0 Å². The van der Waals surface area contributed by atoms with Crippen molar-refractivity contribution in [3.05, 3.63) is 34.9 Å². The Balaban J connectivity index is 1.75. The smallest absolute Gasteiger partial charge is 0.222 e. The van der Waals surface area contributed by atoms with Crippen LogP contribution in [0, 0.1) is 0 Å². The van der Waals surface area contributed by atoms with Crippen LogP contribution in [-0.2, 0) is 11.2 Å². The van der Waals surface area contributed by atoms with E-state index >= 15 is 0 Å². The Hall–Kier alpha value is -1.10. The molecule has 1 saturated heterocycles. The molecule has 0 bridgehead atoms. The molecule has 146 valence electrons. The summed E-state index contributed by atoms with van der Waals surface area (Å²) in [5.41, 5.74) is 1.25. The van der Waals surface area contributed by atoms with Gasteiger partial charge in [0.15, 0.2) is 0 Å². The summed E-state index contributed by atoms with van der Waals surface area (Å²) in [6.07, 6.45) is 3.63. The summed E-state index contributed by atoms with van der Waals surface area (Å²) in [6, 6.07) is 8.78. The van der Waals surface area contributed by atoms with Gasteiger partial charge >= 0.3 is 0 Å². The lowest BCUT2D eigenvalue weighted by Gasteiger charge is -2.44. The van der Waals surface area contributed by atoms with Gasteiger partial charge in [-0.05, 0) is 71.4 Å². The average molecular weight is 380 g/mol. The second-order valence-electron chi connectivity index (χ2n) is 7.87. The van der Waals surface area contributed by atoms with E-state index in [0.29, 0.717) is 24.4 Å². The molecular formula is C21H34ClN3O. The minimum atomic E-state index is 0.297. The fourth-order valence-electron chi connectivity index (χ4n) is 3.82. The number of amides is 1. The van der Waals surface area contributed by atoms with Crippen molar-refractivity contribution in [2.75, 3.05) is 40.3 Å². The molecule has 1 aliphatic heterocycles. The Bertz CT molecular complexity index is 549. The van der Waals surface area contributed by atoms with Gasteiger partial charge in [-0.25, -0.2) is 0 Å². The summed E-state index contributed by atoms with van der Waals surface area (Å²) in [5.74, 6) is 0.297. The van der Waals surface area contributed by atoms with Crippen LogP contribution in [0.5, 0.6) is 0 Å². The maximum absolute atomic E-state index is 12.6. The molecule has 5 heteroatoms. The number of rotatable bonds is 8. The highest BCUT2D eigenvalue weighted by Gasteiger charge is 2.30. The largest absolute Gasteiger partial charge is 0.340 e. The lowest BCUT2D eigenvalue weighted by Crippen LogP contribution is -2.58. The first kappa shape index (κ1) is 21.2. The second kappa shape index (κ2) is 10.3. The van der Waals surface area contributed by atoms with Gasteiger partial charge in [0.1, 0.15) is 0 Å². The van der Waals surface area contributed by atoms with Crippen molar-refractivity contribution in [3.8, 4) is 0 Å². The molecule has 0 saturated carbocycles. The molecule has 1 aliphatic rings. The number of aryl methyl sites for hydroxylation is 1. The van der Waals surface area contributed by atoms with E-state index in [1.165, 1.54) is 12.0 Å². The van der Waals surface area contributed by atoms with Gasteiger partial charge in [-0.3, -0.25) is 9.69 Å². The van der Waals surface area contributed by atoms with Crippen molar-refractivity contribution in [2.24, 2.45) is 0 Å². The van der Waals surface area contributed by atoms with Crippen LogP contribution in [0.2, 0.25) is 5.02 Å². The maximum atomic E-state index is 12.6. The summed E-state index contributed by atoms with van der Waals surface area (Å²) in [4.78, 5) is 19.5. The van der Waals surface area contributed by atoms with Crippen LogP contribution in [0.15, 0.2) is 24.3 Å². The maximum Gasteiger partial charge on any atom is 0.222 e. The molecule has 0 aromatic heterocycles. The fourth-order valence-corrected chi connectivity index (χ4v) is 3.95. The summed E-state index contributed by atoms with van der Waals surface area (Å²) < 4.78 is 0. The van der Waals surface area contributed by atoms with Gasteiger partial charge in [-0.2, -0.15) is 0 Å². The lowest BCUT2D eigenvalue weighted by molar-refractivity contribution is -0.135. The molecule has 2 atom stereocenters. The van der Waals surface area contributed by atoms with Crippen LogP contribution in [0.25, 0.3) is 0 Å². The Kier molecular flexibility index (Phi) is 8.39. The van der Waals surface area contributed by atoms with Gasteiger partial charge in [0.25, 0.3) is 0 Å². The number of piperazine rings is 1. The normalized spacial score (nSPS) is 21.4. The zero-order valence-corrected chi connectivity index (χ0v) is 17.5. The van der Waals surface area contributed by atoms with Crippen molar-refractivity contribution < 1.29 is 4.79 Å². The molecule has 2 rings (SSSR count). The van der Waals surface area contributed by atoms with Gasteiger partial charge in [0.2, 0.25) is 5.91 Å². The molecule has 4 nitrogen and oxygen atoms in total. The van der Waals surface area contributed by atoms with Crippen molar-refractivity contribution in [1.82, 2.24) is 14.7 Å². The van der Waals surface area contributed by atoms with Crippen LogP contribution in [0.3, 0.4) is 0 Å². The Morgan fingerprint density at radius 2 is 1.73 bits per heavy atom. The number of hydrogen-bond donors (Lipinski definition) is 0. The van der Waals surface area contributed by atoms with Gasteiger partial charge < -0.3 is 9.80 Å². The molecule has 0 spiro atoms. The molecular weight excluding hydrogens is 346 g/mol. The summed E-state index contributed by atoms with van der Waals surface area (Å²) >= 11 is 5.92. The Morgan fingerprint density at radius 3 is 2.31 bits per heavy atom. The lowest BCUT2D eigenvalue weighted by atomic mass is 10.0. The number of carbonyl (C=O) groups excluding carboxylic acids is 1. The van der Waals surface area contributed by atoms with E-state index in [2.05, 4.69) is 42.6 Å². The van der Waals surface area contributed by atoms with Crippen molar-refractivity contribution >= 4 is 17.5 Å². The minimum Gasteiger partial charge on any atom is -0.340 e. The summed E-state index contributed by atoms with van der Waals surface area (Å²) in [5, 5.41) is 0.760. The molecule has 1 heterocycles. The third-order valence-electron chi connectivity index (χ3n) is 5.25. The summed E-state index contributed by atoms with van der Waals surface area (Å²) in [6.45, 7) is 8.43. The standard InChI is InChI=1S/C21H34ClN3O/c1-17-15-24(16-18(2)25(17)14-6-13-23(3)4)21(26)8-5-7-19-9-11-20(22)12-10-19/h9-12,17-18H,5-8,13-16H2,1-4H3. The monoisotopic (exact) mass is 379 g/mol. The molecule has 0 N–H and O–H groups in total. The Morgan fingerprint density at radius 1 is 1.12 bits per heavy atom. The minimum absolute atomic E-state index is 0.297. The number of carbonyl (C=O) groups is 1. The van der Waals surface area contributed by atoms with Crippen molar-refractivity contribution in [1.29, 1.82) is 0 Å². The van der Waals surface area contributed by atoms with Crippen molar-refractivity contribution in [3.63, 3.8) is 0 Å². The first-order valence-corrected chi connectivity index (χ1v) is 10.2. The highest BCUT2D eigenvalue weighted by Crippen LogP contribution is 2.18. The van der Waals surface area contributed by atoms with Crippen molar-refractivity contribution in [2.45, 2.75) is 51.6 Å². The van der Waals surface area contributed by atoms with E-state index in [1.807, 2.05) is 24.3 Å². The molecule has 1 fully saturated rings. The molecule has 1 amide bonds. The van der Waals surface area contributed by atoms with E-state index in [-0.39, 0.29) is 0 Å². The average Bonchev–Trinajstić information content (AvgIpc) is 2.58. The number of halogens is 1. The number of nitrogens with zero attached hydrogens (tertiary/aromatic N) is 3. The van der Waals surface area contributed by atoms with Crippen LogP contribution < -0.4 is 0 Å². The van der Waals surface area contributed by atoms with Crippen LogP contribution in [0.4, 0.5) is 0 Å². The molecule has 1 aromatic carbocycles. The highest BCUT2D eigenvalue weighted by atomic mass is 35.5. The Labute approximate surface area is 164 Å². The third-order valence-corrected chi connectivity index (χ3v) is 5.50. The van der Waals surface area contributed by atoms with E-state index in [1.54, 1.807) is 0 Å². The van der Waals surface area contributed by atoms with Crippen LogP contribution >= 0.6 is 11.6 Å². The topological polar surface area (TPSA) is 26.8 Å². The van der Waals surface area contributed by atoms with Crippen LogP contribution in [0.1, 0.15) is 38.7 Å². The predicted molar refractivity (Wildman–Crippen MR) is 110 cm³/mol. The van der Waals surface area contributed by atoms with E-state index < -0.39 is 0 Å². The van der Waals surface area contributed by atoms with E-state index in [0.717, 1.165) is 44.0 Å². The highest BCUT2D eigenvalue weighted by molar-refractivity contribution is 6.30. The zero-order valence-electron chi connectivity index (χ0n) is 16.7. The molecule has 26 heavy (non-hydrogen) atoms. The first-order chi connectivity index (χ1) is 12.4. The van der Waals surface area contributed by atoms with E-state index in [4.69, 9.17) is 11.6 Å². The van der Waals surface area contributed by atoms with Gasteiger partial charge in [0, 0.05) is 43.2 Å². The zero-order chi connectivity index (χ0) is 19.1. The van der Waals surface area contributed by atoms with Gasteiger partial charge in [-0.15, -0.1) is 0 Å². The van der Waals surface area contributed by atoms with E-state index in [9.17, 15) is 4.79 Å². The molecule has 2 unspecified atom stereocenters. The summed E-state index contributed by atoms with van der Waals surface area (Å²) in [7, 11) is 4.24.